The Labute approximate surface area is 162 Å². The Bertz CT molecular complexity index is 602. The van der Waals surface area contributed by atoms with Crippen LogP contribution in [0.25, 0.3) is 0 Å². The molecule has 0 saturated carbocycles. The van der Waals surface area contributed by atoms with Gasteiger partial charge in [-0.25, -0.2) is 9.37 Å². The van der Waals surface area contributed by atoms with Crippen molar-refractivity contribution in [3.8, 4) is 0 Å². The first-order valence-corrected chi connectivity index (χ1v) is 10.4. The van der Waals surface area contributed by atoms with Gasteiger partial charge in [0.1, 0.15) is 0 Å². The van der Waals surface area contributed by atoms with Crippen molar-refractivity contribution in [2.24, 2.45) is 4.99 Å². The standard InChI is InChI=1S/C20H33FN6/c1-2-22-20(24-10-3-4-12-26-13-5-6-14-26)25-17-9-15-27(16-17)19-18(21)8-7-11-23-19/h7-8,11,17H,2-6,9-10,12-16H2,1H3,(H2,22,24,25). The number of hydrogen-bond donors (Lipinski definition) is 2. The number of guanidine groups is 1. The summed E-state index contributed by atoms with van der Waals surface area (Å²) in [7, 11) is 0. The molecule has 2 fully saturated rings. The predicted octanol–water partition coefficient (Wildman–Crippen LogP) is 2.23. The molecule has 150 valence electrons. The topological polar surface area (TPSA) is 55.8 Å². The molecule has 0 aliphatic carbocycles. The van der Waals surface area contributed by atoms with Crippen LogP contribution in [0.1, 0.15) is 39.0 Å². The Morgan fingerprint density at radius 3 is 2.93 bits per heavy atom. The lowest BCUT2D eigenvalue weighted by Crippen LogP contribution is -2.44. The van der Waals surface area contributed by atoms with Crippen molar-refractivity contribution in [3.63, 3.8) is 0 Å². The lowest BCUT2D eigenvalue weighted by Gasteiger charge is -2.20. The lowest BCUT2D eigenvalue weighted by molar-refractivity contribution is 0.331. The molecule has 1 unspecified atom stereocenters. The van der Waals surface area contributed by atoms with Crippen molar-refractivity contribution in [2.75, 3.05) is 50.7 Å². The van der Waals surface area contributed by atoms with Gasteiger partial charge in [0.2, 0.25) is 0 Å². The Kier molecular flexibility index (Phi) is 7.68. The zero-order valence-electron chi connectivity index (χ0n) is 16.5. The normalized spacial score (nSPS) is 21.0. The molecule has 3 heterocycles. The van der Waals surface area contributed by atoms with E-state index >= 15 is 0 Å². The van der Waals surface area contributed by atoms with Gasteiger partial charge >= 0.3 is 0 Å². The van der Waals surface area contributed by atoms with E-state index in [1.54, 1.807) is 12.3 Å². The van der Waals surface area contributed by atoms with E-state index in [0.717, 1.165) is 45.0 Å². The van der Waals surface area contributed by atoms with E-state index in [9.17, 15) is 4.39 Å². The van der Waals surface area contributed by atoms with Crippen LogP contribution in [0.3, 0.4) is 0 Å². The number of unbranched alkanes of at least 4 members (excludes halogenated alkanes) is 1. The molecule has 0 radical (unpaired) electrons. The van der Waals surface area contributed by atoms with Gasteiger partial charge in [-0.2, -0.15) is 0 Å². The number of nitrogens with zero attached hydrogens (tertiary/aromatic N) is 4. The molecule has 27 heavy (non-hydrogen) atoms. The van der Waals surface area contributed by atoms with E-state index in [4.69, 9.17) is 4.99 Å². The first-order chi connectivity index (χ1) is 13.3. The molecular formula is C20H33FN6. The minimum atomic E-state index is -0.253. The zero-order valence-corrected chi connectivity index (χ0v) is 16.5. The number of rotatable bonds is 8. The summed E-state index contributed by atoms with van der Waals surface area (Å²) < 4.78 is 13.9. The van der Waals surface area contributed by atoms with Crippen LogP contribution in [-0.4, -0.2) is 67.7 Å². The van der Waals surface area contributed by atoms with E-state index in [-0.39, 0.29) is 11.9 Å². The van der Waals surface area contributed by atoms with Crippen molar-refractivity contribution in [3.05, 3.63) is 24.1 Å². The van der Waals surface area contributed by atoms with Crippen LogP contribution in [0.15, 0.2) is 23.3 Å². The smallest absolute Gasteiger partial charge is 0.191 e. The Morgan fingerprint density at radius 1 is 1.30 bits per heavy atom. The van der Waals surface area contributed by atoms with Crippen molar-refractivity contribution in [1.82, 2.24) is 20.5 Å². The van der Waals surface area contributed by atoms with Gasteiger partial charge in [-0.3, -0.25) is 4.99 Å². The van der Waals surface area contributed by atoms with E-state index in [1.807, 2.05) is 4.90 Å². The fourth-order valence-corrected chi connectivity index (χ4v) is 3.84. The van der Waals surface area contributed by atoms with Gasteiger partial charge < -0.3 is 20.4 Å². The summed E-state index contributed by atoms with van der Waals surface area (Å²) in [6.07, 6.45) is 7.63. The van der Waals surface area contributed by atoms with Gasteiger partial charge in [0.05, 0.1) is 0 Å². The van der Waals surface area contributed by atoms with Crippen molar-refractivity contribution in [2.45, 2.75) is 45.1 Å². The minimum absolute atomic E-state index is 0.253. The Hall–Kier alpha value is -1.89. The van der Waals surface area contributed by atoms with Crippen LogP contribution in [0.2, 0.25) is 0 Å². The fraction of sp³-hybridized carbons (Fsp3) is 0.700. The van der Waals surface area contributed by atoms with Gasteiger partial charge in [0.15, 0.2) is 17.6 Å². The maximum Gasteiger partial charge on any atom is 0.191 e. The van der Waals surface area contributed by atoms with E-state index in [2.05, 4.69) is 27.4 Å². The van der Waals surface area contributed by atoms with Crippen molar-refractivity contribution < 1.29 is 4.39 Å². The molecule has 0 spiro atoms. The van der Waals surface area contributed by atoms with Crippen LogP contribution in [0, 0.1) is 5.82 Å². The van der Waals surface area contributed by atoms with Gasteiger partial charge in [-0.05, 0) is 70.8 Å². The first-order valence-electron chi connectivity index (χ1n) is 10.4. The van der Waals surface area contributed by atoms with Crippen molar-refractivity contribution >= 4 is 11.8 Å². The fourth-order valence-electron chi connectivity index (χ4n) is 3.84. The van der Waals surface area contributed by atoms with Crippen molar-refractivity contribution in [1.29, 1.82) is 0 Å². The second kappa shape index (κ2) is 10.4. The summed E-state index contributed by atoms with van der Waals surface area (Å²) in [5.74, 6) is 1.06. The number of hydrogen-bond acceptors (Lipinski definition) is 4. The molecule has 6 nitrogen and oxygen atoms in total. The molecule has 2 aliphatic rings. The highest BCUT2D eigenvalue weighted by Crippen LogP contribution is 2.20. The second-order valence-corrected chi connectivity index (χ2v) is 7.40. The van der Waals surface area contributed by atoms with Gasteiger partial charge in [-0.1, -0.05) is 0 Å². The molecule has 1 atom stereocenters. The van der Waals surface area contributed by atoms with Gasteiger partial charge in [0, 0.05) is 38.4 Å². The molecule has 0 amide bonds. The highest BCUT2D eigenvalue weighted by molar-refractivity contribution is 5.80. The third kappa shape index (κ3) is 6.06. The van der Waals surface area contributed by atoms with Crippen LogP contribution in [-0.2, 0) is 0 Å². The number of pyridine rings is 1. The van der Waals surface area contributed by atoms with Crippen LogP contribution in [0.4, 0.5) is 10.2 Å². The average Bonchev–Trinajstić information content (AvgIpc) is 3.34. The molecule has 2 aliphatic heterocycles. The highest BCUT2D eigenvalue weighted by Gasteiger charge is 2.25. The second-order valence-electron chi connectivity index (χ2n) is 7.40. The Balaban J connectivity index is 1.42. The van der Waals surface area contributed by atoms with Crippen LogP contribution in [0.5, 0.6) is 0 Å². The summed E-state index contributed by atoms with van der Waals surface area (Å²) in [5.41, 5.74) is 0. The monoisotopic (exact) mass is 376 g/mol. The zero-order chi connectivity index (χ0) is 18.9. The molecule has 7 heteroatoms. The maximum absolute atomic E-state index is 13.9. The number of halogens is 1. The summed E-state index contributed by atoms with van der Waals surface area (Å²) in [5, 5.41) is 6.83. The average molecular weight is 377 g/mol. The third-order valence-electron chi connectivity index (χ3n) is 5.26. The Morgan fingerprint density at radius 2 is 2.15 bits per heavy atom. The van der Waals surface area contributed by atoms with E-state index < -0.39 is 0 Å². The number of likely N-dealkylation sites (tertiary alicyclic amines) is 1. The lowest BCUT2D eigenvalue weighted by atomic mass is 10.3. The van der Waals surface area contributed by atoms with Crippen LogP contribution < -0.4 is 15.5 Å². The largest absolute Gasteiger partial charge is 0.357 e. The molecule has 2 N–H and O–H groups in total. The third-order valence-corrected chi connectivity index (χ3v) is 5.26. The SMILES string of the molecule is CCNC(=NCCCCN1CCCC1)NC1CCN(c2ncccc2F)C1. The van der Waals surface area contributed by atoms with Gasteiger partial charge in [0.25, 0.3) is 0 Å². The number of anilines is 1. The number of nitrogens with one attached hydrogen (secondary N) is 2. The molecule has 0 aromatic carbocycles. The predicted molar refractivity (Wildman–Crippen MR) is 109 cm³/mol. The summed E-state index contributed by atoms with van der Waals surface area (Å²) in [4.78, 5) is 13.5. The minimum Gasteiger partial charge on any atom is -0.357 e. The molecule has 1 aromatic heterocycles. The summed E-state index contributed by atoms with van der Waals surface area (Å²) in [6.45, 7) is 9.04. The van der Waals surface area contributed by atoms with Gasteiger partial charge in [-0.15, -0.1) is 0 Å². The molecule has 1 aromatic rings. The number of aromatic nitrogens is 1. The molecule has 0 bridgehead atoms. The summed E-state index contributed by atoms with van der Waals surface area (Å²) >= 11 is 0. The van der Waals surface area contributed by atoms with E-state index in [1.165, 1.54) is 45.0 Å². The summed E-state index contributed by atoms with van der Waals surface area (Å²) in [6, 6.07) is 3.36. The molecule has 3 rings (SSSR count). The maximum atomic E-state index is 13.9. The first kappa shape index (κ1) is 19.9. The quantitative estimate of drug-likeness (QED) is 0.414. The highest BCUT2D eigenvalue weighted by atomic mass is 19.1. The molecular weight excluding hydrogens is 343 g/mol. The van der Waals surface area contributed by atoms with Crippen LogP contribution >= 0.6 is 0 Å². The number of aliphatic imine (C=N–C) groups is 1. The molecule has 2 saturated heterocycles. The van der Waals surface area contributed by atoms with E-state index in [0.29, 0.717) is 5.82 Å².